The lowest BCUT2D eigenvalue weighted by atomic mass is 9.98. The fourth-order valence-electron chi connectivity index (χ4n) is 3.26. The monoisotopic (exact) mass is 381 g/mol. The first-order valence-electron chi connectivity index (χ1n) is 8.37. The molecule has 0 aliphatic rings. The topological polar surface area (TPSA) is 85.1 Å². The third-order valence-corrected chi connectivity index (χ3v) is 5.16. The minimum Gasteiger partial charge on any atom is -0.298 e. The number of nitro groups is 1. The van der Waals surface area contributed by atoms with Crippen molar-refractivity contribution in [1.82, 2.24) is 4.98 Å². The standard InChI is InChI=1S/C20H19N3O3S/c1-11-8-12(2)18(13(3)9-11)16-10-27-20(21-16)22-19(24)15-6-5-7-17(14(15)4)23(25)26/h5-10H,1-4H3,(H,21,22,24). The van der Waals surface area contributed by atoms with Gasteiger partial charge in [0.15, 0.2) is 5.13 Å². The van der Waals surface area contributed by atoms with Crippen molar-refractivity contribution in [2.75, 3.05) is 5.32 Å². The predicted octanol–water partition coefficient (Wildman–Crippen LogP) is 5.20. The molecule has 0 unspecified atom stereocenters. The first-order valence-corrected chi connectivity index (χ1v) is 9.25. The molecule has 0 aliphatic heterocycles. The average Bonchev–Trinajstić information content (AvgIpc) is 3.01. The Bertz CT molecular complexity index is 1030. The van der Waals surface area contributed by atoms with Gasteiger partial charge in [-0.25, -0.2) is 4.98 Å². The minimum atomic E-state index is -0.490. The molecule has 0 atom stereocenters. The summed E-state index contributed by atoms with van der Waals surface area (Å²) >= 11 is 1.33. The summed E-state index contributed by atoms with van der Waals surface area (Å²) in [7, 11) is 0. The van der Waals surface area contributed by atoms with E-state index in [1.54, 1.807) is 13.0 Å². The number of nitrogens with zero attached hydrogens (tertiary/aromatic N) is 2. The maximum Gasteiger partial charge on any atom is 0.273 e. The molecule has 0 bridgehead atoms. The van der Waals surface area contributed by atoms with Crippen molar-refractivity contribution in [3.63, 3.8) is 0 Å². The van der Waals surface area contributed by atoms with Crippen molar-refractivity contribution in [2.45, 2.75) is 27.7 Å². The van der Waals surface area contributed by atoms with Crippen molar-refractivity contribution in [2.24, 2.45) is 0 Å². The number of anilines is 1. The number of aromatic nitrogens is 1. The molecule has 0 fully saturated rings. The molecule has 1 heterocycles. The van der Waals surface area contributed by atoms with Gasteiger partial charge in [-0.3, -0.25) is 20.2 Å². The number of hydrogen-bond donors (Lipinski definition) is 1. The van der Waals surface area contributed by atoms with Crippen molar-refractivity contribution in [3.05, 3.63) is 73.6 Å². The SMILES string of the molecule is Cc1cc(C)c(-c2csc(NC(=O)c3cccc([N+](=O)[O-])c3C)n2)c(C)c1. The second kappa shape index (κ2) is 7.28. The zero-order valence-corrected chi connectivity index (χ0v) is 16.3. The van der Waals surface area contributed by atoms with E-state index in [2.05, 4.69) is 29.4 Å². The molecule has 2 aromatic carbocycles. The zero-order valence-electron chi connectivity index (χ0n) is 15.5. The van der Waals surface area contributed by atoms with Gasteiger partial charge in [0, 0.05) is 28.1 Å². The molecule has 138 valence electrons. The van der Waals surface area contributed by atoms with Gasteiger partial charge < -0.3 is 0 Å². The molecule has 1 N–H and O–H groups in total. The van der Waals surface area contributed by atoms with Gasteiger partial charge >= 0.3 is 0 Å². The van der Waals surface area contributed by atoms with Gasteiger partial charge in [-0.2, -0.15) is 0 Å². The lowest BCUT2D eigenvalue weighted by Crippen LogP contribution is -2.14. The summed E-state index contributed by atoms with van der Waals surface area (Å²) in [5, 5.41) is 16.2. The van der Waals surface area contributed by atoms with Crippen molar-refractivity contribution >= 4 is 28.1 Å². The summed E-state index contributed by atoms with van der Waals surface area (Å²) in [6.45, 7) is 7.70. The quantitative estimate of drug-likeness (QED) is 0.497. The number of amides is 1. The molecule has 27 heavy (non-hydrogen) atoms. The van der Waals surface area contributed by atoms with E-state index in [0.717, 1.165) is 22.4 Å². The fraction of sp³-hybridized carbons (Fsp3) is 0.200. The Morgan fingerprint density at radius 1 is 1.15 bits per heavy atom. The third kappa shape index (κ3) is 3.73. The van der Waals surface area contributed by atoms with E-state index >= 15 is 0 Å². The Hall–Kier alpha value is -3.06. The Morgan fingerprint density at radius 3 is 2.44 bits per heavy atom. The van der Waals surface area contributed by atoms with E-state index in [4.69, 9.17) is 0 Å². The van der Waals surface area contributed by atoms with Gasteiger partial charge in [0.2, 0.25) is 0 Å². The molecule has 6 nitrogen and oxygen atoms in total. The maximum atomic E-state index is 12.6. The van der Waals surface area contributed by atoms with E-state index in [0.29, 0.717) is 10.7 Å². The van der Waals surface area contributed by atoms with Crippen LogP contribution in [0.5, 0.6) is 0 Å². The first-order chi connectivity index (χ1) is 12.8. The number of nitro benzene ring substituents is 1. The number of aryl methyl sites for hydroxylation is 3. The Kier molecular flexibility index (Phi) is 5.05. The molecule has 0 aliphatic carbocycles. The van der Waals surface area contributed by atoms with Crippen LogP contribution in [0.1, 0.15) is 32.6 Å². The van der Waals surface area contributed by atoms with Crippen LogP contribution >= 0.6 is 11.3 Å². The van der Waals surface area contributed by atoms with Crippen LogP contribution in [0.2, 0.25) is 0 Å². The number of thiazole rings is 1. The molecule has 3 aromatic rings. The van der Waals surface area contributed by atoms with Gasteiger partial charge in [0.1, 0.15) is 0 Å². The van der Waals surface area contributed by atoms with Crippen LogP contribution in [-0.4, -0.2) is 15.8 Å². The lowest BCUT2D eigenvalue weighted by molar-refractivity contribution is -0.385. The average molecular weight is 381 g/mol. The van der Waals surface area contributed by atoms with Crippen LogP contribution < -0.4 is 5.32 Å². The van der Waals surface area contributed by atoms with Crippen molar-refractivity contribution < 1.29 is 9.72 Å². The summed E-state index contributed by atoms with van der Waals surface area (Å²) in [5.41, 5.74) is 5.85. The fourth-order valence-corrected chi connectivity index (χ4v) is 3.96. The van der Waals surface area contributed by atoms with E-state index in [1.165, 1.54) is 29.0 Å². The molecule has 7 heteroatoms. The summed E-state index contributed by atoms with van der Waals surface area (Å²) in [5.74, 6) is -0.408. The molecule has 0 radical (unpaired) electrons. The Balaban J connectivity index is 1.88. The zero-order chi connectivity index (χ0) is 19.7. The number of rotatable bonds is 4. The molecular weight excluding hydrogens is 362 g/mol. The van der Waals surface area contributed by atoms with Crippen LogP contribution in [0.3, 0.4) is 0 Å². The van der Waals surface area contributed by atoms with Gasteiger partial charge in [0.25, 0.3) is 11.6 Å². The van der Waals surface area contributed by atoms with Crippen LogP contribution in [0.25, 0.3) is 11.3 Å². The van der Waals surface area contributed by atoms with Crippen molar-refractivity contribution in [1.29, 1.82) is 0 Å². The predicted molar refractivity (Wildman–Crippen MR) is 108 cm³/mol. The minimum absolute atomic E-state index is 0.0756. The van der Waals surface area contributed by atoms with Gasteiger partial charge in [-0.05, 0) is 44.9 Å². The second-order valence-electron chi connectivity index (χ2n) is 6.47. The summed E-state index contributed by atoms with van der Waals surface area (Å²) in [4.78, 5) is 27.7. The molecule has 0 saturated carbocycles. The third-order valence-electron chi connectivity index (χ3n) is 4.40. The van der Waals surface area contributed by atoms with Gasteiger partial charge in [0.05, 0.1) is 10.6 Å². The smallest absolute Gasteiger partial charge is 0.273 e. The number of carbonyl (C=O) groups excluding carboxylic acids is 1. The highest BCUT2D eigenvalue weighted by atomic mass is 32.1. The number of carbonyl (C=O) groups is 1. The normalized spacial score (nSPS) is 10.7. The molecule has 3 rings (SSSR count). The van der Waals surface area contributed by atoms with Crippen molar-refractivity contribution in [3.8, 4) is 11.3 Å². The lowest BCUT2D eigenvalue weighted by Gasteiger charge is -2.09. The number of nitrogens with one attached hydrogen (secondary N) is 1. The van der Waals surface area contributed by atoms with E-state index in [1.807, 2.05) is 19.2 Å². The van der Waals surface area contributed by atoms with Crippen LogP contribution in [-0.2, 0) is 0 Å². The molecular formula is C20H19N3O3S. The highest BCUT2D eigenvalue weighted by Gasteiger charge is 2.19. The first kappa shape index (κ1) is 18.7. The van der Waals surface area contributed by atoms with E-state index < -0.39 is 10.8 Å². The molecule has 0 saturated heterocycles. The van der Waals surface area contributed by atoms with E-state index in [-0.39, 0.29) is 11.3 Å². The van der Waals surface area contributed by atoms with Gasteiger partial charge in [-0.1, -0.05) is 23.8 Å². The number of hydrogen-bond acceptors (Lipinski definition) is 5. The summed E-state index contributed by atoms with van der Waals surface area (Å²) < 4.78 is 0. The largest absolute Gasteiger partial charge is 0.298 e. The van der Waals surface area contributed by atoms with Crippen LogP contribution in [0.4, 0.5) is 10.8 Å². The maximum absolute atomic E-state index is 12.6. The molecule has 0 spiro atoms. The van der Waals surface area contributed by atoms with E-state index in [9.17, 15) is 14.9 Å². The molecule has 1 amide bonds. The highest BCUT2D eigenvalue weighted by Crippen LogP contribution is 2.31. The highest BCUT2D eigenvalue weighted by molar-refractivity contribution is 7.14. The van der Waals surface area contributed by atoms with Gasteiger partial charge in [-0.15, -0.1) is 11.3 Å². The Morgan fingerprint density at radius 2 is 1.81 bits per heavy atom. The number of benzene rings is 2. The Labute approximate surface area is 161 Å². The van der Waals surface area contributed by atoms with Crippen LogP contribution in [0.15, 0.2) is 35.7 Å². The second-order valence-corrected chi connectivity index (χ2v) is 7.33. The molecule has 1 aromatic heterocycles. The summed E-state index contributed by atoms with van der Waals surface area (Å²) in [6, 6.07) is 8.67. The summed E-state index contributed by atoms with van der Waals surface area (Å²) in [6.07, 6.45) is 0. The van der Waals surface area contributed by atoms with Crippen LogP contribution in [0, 0.1) is 37.8 Å².